The minimum absolute atomic E-state index is 0.166. The van der Waals surface area contributed by atoms with Crippen molar-refractivity contribution in [3.63, 3.8) is 0 Å². The molecule has 1 aliphatic carbocycles. The van der Waals surface area contributed by atoms with Gasteiger partial charge in [0.2, 0.25) is 6.35 Å². The molecule has 2 aromatic carbocycles. The zero-order valence-electron chi connectivity index (χ0n) is 17.2. The lowest BCUT2D eigenvalue weighted by molar-refractivity contribution is 0.0728. The number of nitrogens with zero attached hydrogens (tertiary/aromatic N) is 4. The van der Waals surface area contributed by atoms with Gasteiger partial charge in [0, 0.05) is 18.7 Å². The number of nitrogens with one attached hydrogen (secondary N) is 2. The molecule has 9 heteroatoms. The first-order valence-electron chi connectivity index (χ1n) is 10.6. The average molecular weight is 430 g/mol. The molecule has 1 aliphatic heterocycles. The number of hydrogen-bond acceptors (Lipinski definition) is 6. The highest BCUT2D eigenvalue weighted by molar-refractivity contribution is 5.99. The summed E-state index contributed by atoms with van der Waals surface area (Å²) in [5, 5.41) is 22.9. The van der Waals surface area contributed by atoms with Crippen LogP contribution in [-0.2, 0) is 13.0 Å². The second kappa shape index (κ2) is 7.10. The van der Waals surface area contributed by atoms with Gasteiger partial charge < -0.3 is 30.0 Å². The van der Waals surface area contributed by atoms with Crippen LogP contribution in [0.3, 0.4) is 0 Å². The predicted octanol–water partition coefficient (Wildman–Crippen LogP) is 2.09. The number of aliphatic hydroxyl groups excluding tert-OH is 1. The van der Waals surface area contributed by atoms with Gasteiger partial charge in [0.15, 0.2) is 11.5 Å². The van der Waals surface area contributed by atoms with Gasteiger partial charge in [0.25, 0.3) is 5.91 Å². The number of anilines is 1. The smallest absolute Gasteiger partial charge is 0.275 e. The largest absolute Gasteiger partial charge is 0.508 e. The van der Waals surface area contributed by atoms with Gasteiger partial charge in [-0.05, 0) is 30.5 Å². The fourth-order valence-corrected chi connectivity index (χ4v) is 4.34. The molecule has 1 saturated carbocycles. The van der Waals surface area contributed by atoms with E-state index in [1.807, 2.05) is 34.9 Å². The van der Waals surface area contributed by atoms with Gasteiger partial charge in [-0.2, -0.15) is 0 Å². The van der Waals surface area contributed by atoms with Crippen LogP contribution in [0.15, 0.2) is 48.5 Å². The molecule has 9 nitrogen and oxygen atoms in total. The number of carbonyl (C=O) groups excluding carboxylic acids is 1. The molecule has 4 aromatic rings. The van der Waals surface area contributed by atoms with Crippen LogP contribution in [0.25, 0.3) is 11.0 Å². The fraction of sp³-hybridized carbons (Fsp3) is 0.261. The molecule has 2 aliphatic rings. The number of benzene rings is 2. The van der Waals surface area contributed by atoms with Crippen LogP contribution in [-0.4, -0.2) is 48.0 Å². The van der Waals surface area contributed by atoms with Crippen molar-refractivity contribution in [1.29, 1.82) is 0 Å². The Bertz CT molecular complexity index is 1320. The summed E-state index contributed by atoms with van der Waals surface area (Å²) >= 11 is 0. The molecule has 162 valence electrons. The number of carbonyl (C=O) groups is 1. The van der Waals surface area contributed by atoms with Crippen LogP contribution in [0.1, 0.15) is 40.5 Å². The van der Waals surface area contributed by atoms with Crippen molar-refractivity contribution in [1.82, 2.24) is 24.8 Å². The number of fused-ring (bicyclic) bond motifs is 2. The summed E-state index contributed by atoms with van der Waals surface area (Å²) in [6, 6.07) is 15.1. The van der Waals surface area contributed by atoms with Crippen molar-refractivity contribution in [2.45, 2.75) is 38.2 Å². The Morgan fingerprint density at radius 1 is 1.09 bits per heavy atom. The summed E-state index contributed by atoms with van der Waals surface area (Å²) < 4.78 is 1.91. The van der Waals surface area contributed by atoms with Crippen LogP contribution in [0.2, 0.25) is 0 Å². The van der Waals surface area contributed by atoms with Gasteiger partial charge in [-0.1, -0.05) is 30.3 Å². The van der Waals surface area contributed by atoms with E-state index in [1.165, 1.54) is 0 Å². The van der Waals surface area contributed by atoms with Crippen LogP contribution in [0, 0.1) is 0 Å². The number of amides is 1. The summed E-state index contributed by atoms with van der Waals surface area (Å²) in [5.41, 5.74) is 2.98. The van der Waals surface area contributed by atoms with Gasteiger partial charge in [0.05, 0.1) is 17.5 Å². The molecular weight excluding hydrogens is 408 g/mol. The molecule has 32 heavy (non-hydrogen) atoms. The minimum atomic E-state index is -1.08. The van der Waals surface area contributed by atoms with Crippen molar-refractivity contribution in [3.8, 4) is 5.75 Å². The zero-order chi connectivity index (χ0) is 21.8. The molecule has 1 atom stereocenters. The van der Waals surface area contributed by atoms with Gasteiger partial charge in [-0.25, -0.2) is 9.97 Å². The lowest BCUT2D eigenvalue weighted by Crippen LogP contribution is -2.54. The number of aliphatic hydroxyl groups is 1. The fourth-order valence-electron chi connectivity index (χ4n) is 4.34. The van der Waals surface area contributed by atoms with Gasteiger partial charge in [-0.3, -0.25) is 4.79 Å². The maximum atomic E-state index is 12.9. The highest BCUT2D eigenvalue weighted by Crippen LogP contribution is 2.37. The topological polar surface area (TPSA) is 119 Å². The SMILES string of the molecule is O=C1NC(O)N(C2CC2)c2nc(Cc3nc4ccc(O)cc4[nH]3)n(Cc3ccccc3)c21. The molecule has 0 saturated heterocycles. The summed E-state index contributed by atoms with van der Waals surface area (Å²) in [7, 11) is 0. The Morgan fingerprint density at radius 2 is 1.91 bits per heavy atom. The molecule has 4 N–H and O–H groups in total. The first-order valence-corrected chi connectivity index (χ1v) is 10.6. The minimum Gasteiger partial charge on any atom is -0.508 e. The number of phenolic OH excluding ortho intramolecular Hbond substituents is 1. The predicted molar refractivity (Wildman–Crippen MR) is 117 cm³/mol. The van der Waals surface area contributed by atoms with E-state index in [2.05, 4.69) is 15.3 Å². The molecule has 6 rings (SSSR count). The summed E-state index contributed by atoms with van der Waals surface area (Å²) in [6.07, 6.45) is 1.21. The van der Waals surface area contributed by atoms with E-state index in [-0.39, 0.29) is 17.7 Å². The van der Waals surface area contributed by atoms with E-state index >= 15 is 0 Å². The van der Waals surface area contributed by atoms with Crippen molar-refractivity contribution in [2.24, 2.45) is 0 Å². The number of hydrogen-bond donors (Lipinski definition) is 4. The monoisotopic (exact) mass is 430 g/mol. The first-order chi connectivity index (χ1) is 15.6. The zero-order valence-corrected chi connectivity index (χ0v) is 17.2. The normalized spacial score (nSPS) is 18.1. The Labute approximate surface area is 183 Å². The van der Waals surface area contributed by atoms with Crippen LogP contribution in [0.5, 0.6) is 5.75 Å². The second-order valence-electron chi connectivity index (χ2n) is 8.32. The highest BCUT2D eigenvalue weighted by atomic mass is 16.3. The molecule has 2 aromatic heterocycles. The van der Waals surface area contributed by atoms with Crippen molar-refractivity contribution < 1.29 is 15.0 Å². The molecule has 1 amide bonds. The molecule has 1 fully saturated rings. The number of H-pyrrole nitrogens is 1. The molecular formula is C23H22N6O3. The molecule has 0 radical (unpaired) electrons. The van der Waals surface area contributed by atoms with E-state index in [4.69, 9.17) is 4.98 Å². The summed E-state index contributed by atoms with van der Waals surface area (Å²) in [5.74, 6) is 1.70. The quantitative estimate of drug-likeness (QED) is 0.385. The van der Waals surface area contributed by atoms with Crippen LogP contribution < -0.4 is 10.2 Å². The average Bonchev–Trinajstić information content (AvgIpc) is 3.42. The maximum absolute atomic E-state index is 12.9. The van der Waals surface area contributed by atoms with Crippen molar-refractivity contribution in [2.75, 3.05) is 4.90 Å². The van der Waals surface area contributed by atoms with Crippen LogP contribution >= 0.6 is 0 Å². The van der Waals surface area contributed by atoms with Gasteiger partial charge in [-0.15, -0.1) is 0 Å². The molecule has 3 heterocycles. The Kier molecular flexibility index (Phi) is 4.19. The Morgan fingerprint density at radius 3 is 2.69 bits per heavy atom. The third-order valence-electron chi connectivity index (χ3n) is 5.98. The first kappa shape index (κ1) is 18.9. The summed E-state index contributed by atoms with van der Waals surface area (Å²) in [4.78, 5) is 27.4. The number of rotatable bonds is 5. The van der Waals surface area contributed by atoms with E-state index in [1.54, 1.807) is 23.1 Å². The van der Waals surface area contributed by atoms with E-state index in [9.17, 15) is 15.0 Å². The van der Waals surface area contributed by atoms with E-state index < -0.39 is 6.35 Å². The molecule has 0 spiro atoms. The van der Waals surface area contributed by atoms with Gasteiger partial charge >= 0.3 is 0 Å². The highest BCUT2D eigenvalue weighted by Gasteiger charge is 2.43. The lowest BCUT2D eigenvalue weighted by atomic mass is 10.2. The number of phenols is 1. The standard InChI is InChI=1S/C23H22N6O3/c30-15-8-9-16-17(10-15)25-18(24-16)11-19-26-21-20(28(19)12-13-4-2-1-3-5-13)22(31)27-23(32)29(21)14-6-7-14/h1-5,8-10,14,23,30,32H,6-7,11-12H2,(H,24,25)(H,27,31). The Hall–Kier alpha value is -3.85. The number of imidazole rings is 2. The number of aromatic nitrogens is 4. The Balaban J connectivity index is 1.46. The molecule has 0 bridgehead atoms. The van der Waals surface area contributed by atoms with Crippen molar-refractivity contribution >= 4 is 22.8 Å². The van der Waals surface area contributed by atoms with E-state index in [0.717, 1.165) is 29.4 Å². The third-order valence-corrected chi connectivity index (χ3v) is 5.98. The number of aromatic amines is 1. The molecule has 1 unspecified atom stereocenters. The lowest BCUT2D eigenvalue weighted by Gasteiger charge is -2.33. The second-order valence-corrected chi connectivity index (χ2v) is 8.32. The van der Waals surface area contributed by atoms with Crippen LogP contribution in [0.4, 0.5) is 5.82 Å². The van der Waals surface area contributed by atoms with Crippen molar-refractivity contribution in [3.05, 3.63) is 71.4 Å². The third kappa shape index (κ3) is 3.18. The van der Waals surface area contributed by atoms with E-state index in [0.29, 0.717) is 36.1 Å². The number of aromatic hydroxyl groups is 1. The maximum Gasteiger partial charge on any atom is 0.275 e. The van der Waals surface area contributed by atoms with Gasteiger partial charge in [0.1, 0.15) is 17.4 Å². The summed E-state index contributed by atoms with van der Waals surface area (Å²) in [6.45, 7) is 0.474.